The lowest BCUT2D eigenvalue weighted by Crippen LogP contribution is -2.14. The van der Waals surface area contributed by atoms with Gasteiger partial charge in [0.15, 0.2) is 5.13 Å². The summed E-state index contributed by atoms with van der Waals surface area (Å²) in [5.74, 6) is 0. The molecule has 7 nitrogen and oxygen atoms in total. The molecule has 0 aliphatic rings. The number of thiazole rings is 2. The van der Waals surface area contributed by atoms with Gasteiger partial charge in [-0.05, 0) is 31.0 Å². The molecule has 0 aliphatic carbocycles. The van der Waals surface area contributed by atoms with E-state index in [9.17, 15) is 8.42 Å². The SMILES string of the molecule is Cc1cnc(N[C@@H](Cc2ccc(NS(=O)(=O)O)cc2)c2csc(-c3ccccc3)n2)s1. The van der Waals surface area contributed by atoms with Gasteiger partial charge >= 0.3 is 10.3 Å². The van der Waals surface area contributed by atoms with E-state index in [0.717, 1.165) is 31.8 Å². The molecule has 2 aromatic carbocycles. The molecule has 0 unspecified atom stereocenters. The van der Waals surface area contributed by atoms with E-state index < -0.39 is 10.3 Å². The van der Waals surface area contributed by atoms with Crippen LogP contribution in [0.2, 0.25) is 0 Å². The van der Waals surface area contributed by atoms with Crippen LogP contribution in [0.4, 0.5) is 10.8 Å². The standard InChI is InChI=1S/C21H20N4O3S3/c1-14-12-22-21(30-14)24-18(11-15-7-9-17(10-8-15)25-31(26,27)28)19-13-29-20(23-19)16-5-3-2-4-6-16/h2-10,12-13,18,25H,11H2,1H3,(H,22,24)(H,26,27,28)/t18-/m0/s1. The zero-order valence-electron chi connectivity index (χ0n) is 16.5. The lowest BCUT2D eigenvalue weighted by Gasteiger charge is -2.17. The van der Waals surface area contributed by atoms with Gasteiger partial charge in [-0.3, -0.25) is 9.27 Å². The average Bonchev–Trinajstić information content (AvgIpc) is 3.38. The molecule has 0 saturated carbocycles. The molecule has 160 valence electrons. The molecule has 0 saturated heterocycles. The summed E-state index contributed by atoms with van der Waals surface area (Å²) >= 11 is 3.18. The third-order valence-corrected chi connectivity index (χ3v) is 6.71. The minimum atomic E-state index is -4.30. The molecule has 3 N–H and O–H groups in total. The molecule has 10 heteroatoms. The fourth-order valence-corrected chi connectivity index (χ4v) is 5.08. The fourth-order valence-electron chi connectivity index (χ4n) is 3.05. The summed E-state index contributed by atoms with van der Waals surface area (Å²) in [6.07, 6.45) is 2.46. The van der Waals surface area contributed by atoms with Crippen molar-refractivity contribution in [1.82, 2.24) is 9.97 Å². The Morgan fingerprint density at radius 2 is 1.84 bits per heavy atom. The monoisotopic (exact) mass is 472 g/mol. The summed E-state index contributed by atoms with van der Waals surface area (Å²) in [5, 5.41) is 7.30. The van der Waals surface area contributed by atoms with Crippen molar-refractivity contribution < 1.29 is 13.0 Å². The number of aromatic nitrogens is 2. The van der Waals surface area contributed by atoms with Crippen molar-refractivity contribution >= 4 is 43.8 Å². The third kappa shape index (κ3) is 5.88. The van der Waals surface area contributed by atoms with Crippen LogP contribution >= 0.6 is 22.7 Å². The molecule has 0 fully saturated rings. The van der Waals surface area contributed by atoms with Crippen molar-refractivity contribution in [3.05, 3.63) is 82.3 Å². The van der Waals surface area contributed by atoms with Gasteiger partial charge in [0.25, 0.3) is 0 Å². The molecule has 0 amide bonds. The molecule has 4 aromatic rings. The van der Waals surface area contributed by atoms with E-state index in [1.54, 1.807) is 34.8 Å². The van der Waals surface area contributed by atoms with E-state index in [-0.39, 0.29) is 6.04 Å². The second-order valence-corrected chi connectivity index (χ2v) is 10.1. The molecule has 2 heterocycles. The molecular formula is C21H20N4O3S3. The highest BCUT2D eigenvalue weighted by Gasteiger charge is 2.18. The first-order valence-corrected chi connectivity index (χ1v) is 12.5. The van der Waals surface area contributed by atoms with Gasteiger partial charge < -0.3 is 5.32 Å². The third-order valence-electron chi connectivity index (χ3n) is 4.46. The van der Waals surface area contributed by atoms with Gasteiger partial charge in [0.1, 0.15) is 5.01 Å². The van der Waals surface area contributed by atoms with Crippen molar-refractivity contribution in [2.45, 2.75) is 19.4 Å². The second kappa shape index (κ2) is 9.15. The van der Waals surface area contributed by atoms with E-state index in [1.165, 1.54) is 0 Å². The summed E-state index contributed by atoms with van der Waals surface area (Å²) < 4.78 is 33.0. The molecule has 4 rings (SSSR count). The number of hydrogen-bond acceptors (Lipinski definition) is 7. The van der Waals surface area contributed by atoms with Gasteiger partial charge in [-0.1, -0.05) is 42.5 Å². The largest absolute Gasteiger partial charge is 0.357 e. The van der Waals surface area contributed by atoms with Gasteiger partial charge in [-0.25, -0.2) is 9.97 Å². The molecule has 0 aliphatic heterocycles. The van der Waals surface area contributed by atoms with Crippen molar-refractivity contribution in [3.8, 4) is 10.6 Å². The first-order chi connectivity index (χ1) is 14.9. The number of nitrogens with one attached hydrogen (secondary N) is 2. The number of nitrogens with zero attached hydrogens (tertiary/aromatic N) is 2. The number of benzene rings is 2. The van der Waals surface area contributed by atoms with E-state index >= 15 is 0 Å². The van der Waals surface area contributed by atoms with Crippen LogP contribution in [0.25, 0.3) is 10.6 Å². The van der Waals surface area contributed by atoms with Crippen molar-refractivity contribution in [1.29, 1.82) is 0 Å². The van der Waals surface area contributed by atoms with Gasteiger partial charge in [-0.2, -0.15) is 8.42 Å². The molecule has 31 heavy (non-hydrogen) atoms. The minimum Gasteiger partial charge on any atom is -0.353 e. The molecule has 2 aromatic heterocycles. The molecule has 0 radical (unpaired) electrons. The maximum Gasteiger partial charge on any atom is 0.357 e. The summed E-state index contributed by atoms with van der Waals surface area (Å²) in [6, 6.07) is 16.8. The average molecular weight is 473 g/mol. The van der Waals surface area contributed by atoms with E-state index in [2.05, 4.69) is 20.4 Å². The highest BCUT2D eigenvalue weighted by Crippen LogP contribution is 2.31. The zero-order valence-corrected chi connectivity index (χ0v) is 19.0. The zero-order chi connectivity index (χ0) is 21.8. The number of hydrogen-bond donors (Lipinski definition) is 3. The Balaban J connectivity index is 1.58. The Kier molecular flexibility index (Phi) is 6.33. The lowest BCUT2D eigenvalue weighted by molar-refractivity contribution is 0.489. The molecule has 1 atom stereocenters. The first-order valence-electron chi connectivity index (χ1n) is 9.40. The van der Waals surface area contributed by atoms with Crippen molar-refractivity contribution in [2.24, 2.45) is 0 Å². The van der Waals surface area contributed by atoms with Crippen molar-refractivity contribution in [3.63, 3.8) is 0 Å². The predicted octanol–water partition coefficient (Wildman–Crippen LogP) is 5.19. The van der Waals surface area contributed by atoms with E-state index in [0.29, 0.717) is 12.1 Å². The van der Waals surface area contributed by atoms with E-state index in [4.69, 9.17) is 9.54 Å². The number of rotatable bonds is 8. The molecule has 0 spiro atoms. The number of anilines is 2. The molecule has 0 bridgehead atoms. The quantitative estimate of drug-likeness (QED) is 0.305. The smallest absolute Gasteiger partial charge is 0.353 e. The maximum absolute atomic E-state index is 11.0. The molecular weight excluding hydrogens is 452 g/mol. The Morgan fingerprint density at radius 3 is 2.48 bits per heavy atom. The normalized spacial score (nSPS) is 12.5. The topological polar surface area (TPSA) is 104 Å². The van der Waals surface area contributed by atoms with E-state index in [1.807, 2.05) is 55.6 Å². The predicted molar refractivity (Wildman–Crippen MR) is 126 cm³/mol. The highest BCUT2D eigenvalue weighted by molar-refractivity contribution is 7.87. The van der Waals surface area contributed by atoms with Crippen LogP contribution in [0.15, 0.2) is 66.2 Å². The summed E-state index contributed by atoms with van der Waals surface area (Å²) in [6.45, 7) is 2.01. The Morgan fingerprint density at radius 1 is 1.10 bits per heavy atom. The Hall–Kier alpha value is -2.79. The van der Waals surface area contributed by atoms with Crippen molar-refractivity contribution in [2.75, 3.05) is 10.0 Å². The minimum absolute atomic E-state index is 0.111. The highest BCUT2D eigenvalue weighted by atomic mass is 32.2. The summed E-state index contributed by atoms with van der Waals surface area (Å²) in [7, 11) is -4.30. The van der Waals surface area contributed by atoms with Crippen LogP contribution in [-0.4, -0.2) is 22.9 Å². The second-order valence-electron chi connectivity index (χ2n) is 6.89. The van der Waals surface area contributed by atoms with Crippen LogP contribution in [0.5, 0.6) is 0 Å². The van der Waals surface area contributed by atoms with Crippen LogP contribution in [0, 0.1) is 6.92 Å². The Labute approximate surface area is 188 Å². The van der Waals surface area contributed by atoms with Gasteiger partial charge in [0, 0.05) is 22.0 Å². The number of aryl methyl sites for hydroxylation is 1. The van der Waals surface area contributed by atoms with Crippen LogP contribution in [0.3, 0.4) is 0 Å². The van der Waals surface area contributed by atoms with Crippen LogP contribution in [0.1, 0.15) is 22.2 Å². The van der Waals surface area contributed by atoms with Crippen LogP contribution in [-0.2, 0) is 16.7 Å². The lowest BCUT2D eigenvalue weighted by atomic mass is 10.0. The summed E-state index contributed by atoms with van der Waals surface area (Å²) in [5.41, 5.74) is 3.27. The van der Waals surface area contributed by atoms with Gasteiger partial charge in [-0.15, -0.1) is 22.7 Å². The fraction of sp³-hybridized carbons (Fsp3) is 0.143. The van der Waals surface area contributed by atoms with Crippen LogP contribution < -0.4 is 10.0 Å². The first kappa shape index (κ1) is 21.4. The van der Waals surface area contributed by atoms with Gasteiger partial charge in [0.05, 0.1) is 17.4 Å². The van der Waals surface area contributed by atoms with Gasteiger partial charge in [0.2, 0.25) is 0 Å². The maximum atomic E-state index is 11.0. The Bertz CT molecular complexity index is 1250. The summed E-state index contributed by atoms with van der Waals surface area (Å²) in [4.78, 5) is 10.4.